The summed E-state index contributed by atoms with van der Waals surface area (Å²) in [7, 11) is 0. The number of aliphatic hydroxyl groups excluding tert-OH is 1. The molecule has 1 fully saturated rings. The molecule has 0 bridgehead atoms. The topological polar surface area (TPSA) is 62.5 Å². The third kappa shape index (κ3) is 3.23. The molecule has 1 aromatic rings. The van der Waals surface area contributed by atoms with Crippen LogP contribution in [0.3, 0.4) is 0 Å². The minimum absolute atomic E-state index is 0.175. The van der Waals surface area contributed by atoms with E-state index in [9.17, 15) is 4.79 Å². The zero-order chi connectivity index (χ0) is 12.3. The molecule has 1 aliphatic rings. The van der Waals surface area contributed by atoms with Crippen molar-refractivity contribution < 1.29 is 14.3 Å². The van der Waals surface area contributed by atoms with E-state index in [1.165, 1.54) is 0 Å². The summed E-state index contributed by atoms with van der Waals surface area (Å²) >= 11 is 5.61. The first-order valence-electron chi connectivity index (χ1n) is 5.86. The van der Waals surface area contributed by atoms with E-state index >= 15 is 0 Å². The Bertz CT molecular complexity index is 383. The molecule has 1 aliphatic carbocycles. The number of amides is 1. The molecule has 17 heavy (non-hydrogen) atoms. The number of halogens is 1. The van der Waals surface area contributed by atoms with Crippen LogP contribution in [0, 0.1) is 5.92 Å². The highest BCUT2D eigenvalue weighted by Gasteiger charge is 2.23. The minimum atomic E-state index is -0.218. The van der Waals surface area contributed by atoms with Crippen LogP contribution in [-0.4, -0.2) is 23.7 Å². The van der Waals surface area contributed by atoms with Gasteiger partial charge in [0.25, 0.3) is 5.91 Å². The van der Waals surface area contributed by atoms with Crippen LogP contribution >= 0.6 is 11.6 Å². The Labute approximate surface area is 105 Å². The molecule has 5 heteroatoms. The molecular formula is C12H16ClNO3. The third-order valence-electron chi connectivity index (χ3n) is 3.24. The van der Waals surface area contributed by atoms with Crippen molar-refractivity contribution in [3.05, 3.63) is 23.1 Å². The van der Waals surface area contributed by atoms with Gasteiger partial charge in [-0.25, -0.2) is 0 Å². The van der Waals surface area contributed by atoms with Gasteiger partial charge < -0.3 is 14.8 Å². The van der Waals surface area contributed by atoms with Crippen LogP contribution in [0.25, 0.3) is 0 Å². The zero-order valence-electron chi connectivity index (χ0n) is 9.49. The van der Waals surface area contributed by atoms with E-state index in [1.807, 2.05) is 0 Å². The predicted octanol–water partition coefficient (Wildman–Crippen LogP) is 2.21. The number of hydrogen-bond donors (Lipinski definition) is 2. The molecule has 0 aliphatic heterocycles. The van der Waals surface area contributed by atoms with Crippen LogP contribution in [0.1, 0.15) is 36.2 Å². The maximum absolute atomic E-state index is 11.8. The summed E-state index contributed by atoms with van der Waals surface area (Å²) in [4.78, 5) is 11.8. The third-order valence-corrected chi connectivity index (χ3v) is 3.44. The number of nitrogens with one attached hydrogen (secondary N) is 1. The molecular weight excluding hydrogens is 242 g/mol. The molecule has 0 aromatic carbocycles. The average molecular weight is 258 g/mol. The van der Waals surface area contributed by atoms with E-state index in [4.69, 9.17) is 21.1 Å². The Morgan fingerprint density at radius 2 is 2.12 bits per heavy atom. The van der Waals surface area contributed by atoms with Crippen LogP contribution in [0.4, 0.5) is 0 Å². The molecule has 1 heterocycles. The highest BCUT2D eigenvalue weighted by atomic mass is 35.5. The first-order chi connectivity index (χ1) is 8.19. The number of rotatable bonds is 3. The first-order valence-corrected chi connectivity index (χ1v) is 6.24. The summed E-state index contributed by atoms with van der Waals surface area (Å²) in [6.45, 7) is 0.245. The van der Waals surface area contributed by atoms with Crippen LogP contribution < -0.4 is 5.32 Å². The van der Waals surface area contributed by atoms with Gasteiger partial charge in [0.15, 0.2) is 11.0 Å². The fraction of sp³-hybridized carbons (Fsp3) is 0.583. The van der Waals surface area contributed by atoms with Gasteiger partial charge in [0, 0.05) is 12.6 Å². The van der Waals surface area contributed by atoms with E-state index < -0.39 is 0 Å². The number of hydrogen-bond acceptors (Lipinski definition) is 3. The fourth-order valence-electron chi connectivity index (χ4n) is 2.18. The van der Waals surface area contributed by atoms with Gasteiger partial charge in [-0.15, -0.1) is 0 Å². The van der Waals surface area contributed by atoms with E-state index in [0.29, 0.717) is 5.92 Å². The Kier molecular flexibility index (Phi) is 4.07. The minimum Gasteiger partial charge on any atom is -0.440 e. The van der Waals surface area contributed by atoms with E-state index in [1.54, 1.807) is 12.1 Å². The van der Waals surface area contributed by atoms with Gasteiger partial charge in [-0.2, -0.15) is 0 Å². The standard InChI is InChI=1S/C12H16ClNO3/c13-11-6-5-10(17-11)12(16)14-9-3-1-8(7-15)2-4-9/h5-6,8-9,15H,1-4,7H2,(H,14,16). The summed E-state index contributed by atoms with van der Waals surface area (Å²) in [5.74, 6) is 0.421. The molecule has 1 amide bonds. The molecule has 0 spiro atoms. The maximum atomic E-state index is 11.8. The Morgan fingerprint density at radius 1 is 1.41 bits per heavy atom. The second-order valence-electron chi connectivity index (χ2n) is 4.48. The highest BCUT2D eigenvalue weighted by Crippen LogP contribution is 2.24. The molecule has 0 unspecified atom stereocenters. The second kappa shape index (κ2) is 5.56. The summed E-state index contributed by atoms with van der Waals surface area (Å²) in [6, 6.07) is 3.30. The van der Waals surface area contributed by atoms with Crippen molar-refractivity contribution >= 4 is 17.5 Å². The lowest BCUT2D eigenvalue weighted by atomic mass is 9.86. The van der Waals surface area contributed by atoms with Crippen molar-refractivity contribution in [3.8, 4) is 0 Å². The van der Waals surface area contributed by atoms with Crippen LogP contribution in [0.5, 0.6) is 0 Å². The molecule has 0 atom stereocenters. The van der Waals surface area contributed by atoms with Gasteiger partial charge in [0.05, 0.1) is 0 Å². The van der Waals surface area contributed by atoms with E-state index in [2.05, 4.69) is 5.32 Å². The van der Waals surface area contributed by atoms with Crippen molar-refractivity contribution in [1.82, 2.24) is 5.32 Å². The van der Waals surface area contributed by atoms with Gasteiger partial charge in [-0.3, -0.25) is 4.79 Å². The van der Waals surface area contributed by atoms with Crippen molar-refractivity contribution in [2.75, 3.05) is 6.61 Å². The number of furan rings is 1. The Hall–Kier alpha value is -1.00. The SMILES string of the molecule is O=C(NC1CCC(CO)CC1)c1ccc(Cl)o1. The molecule has 4 nitrogen and oxygen atoms in total. The van der Waals surface area contributed by atoms with Gasteiger partial charge in [0.1, 0.15) is 0 Å². The summed E-state index contributed by atoms with van der Waals surface area (Å²) in [5, 5.41) is 12.2. The summed E-state index contributed by atoms with van der Waals surface area (Å²) in [5.41, 5.74) is 0. The second-order valence-corrected chi connectivity index (χ2v) is 4.85. The highest BCUT2D eigenvalue weighted by molar-refractivity contribution is 6.29. The summed E-state index contributed by atoms with van der Waals surface area (Å²) < 4.78 is 5.04. The summed E-state index contributed by atoms with van der Waals surface area (Å²) in [6.07, 6.45) is 3.73. The fourth-order valence-corrected chi connectivity index (χ4v) is 2.33. The Morgan fingerprint density at radius 3 is 2.65 bits per heavy atom. The van der Waals surface area contributed by atoms with Crippen molar-refractivity contribution in [2.45, 2.75) is 31.7 Å². The smallest absolute Gasteiger partial charge is 0.287 e. The van der Waals surface area contributed by atoms with Crippen molar-refractivity contribution in [1.29, 1.82) is 0 Å². The van der Waals surface area contributed by atoms with Crippen LogP contribution in [0.2, 0.25) is 5.22 Å². The lowest BCUT2D eigenvalue weighted by molar-refractivity contribution is 0.0886. The molecule has 2 rings (SSSR count). The lowest BCUT2D eigenvalue weighted by Gasteiger charge is -2.27. The maximum Gasteiger partial charge on any atom is 0.287 e. The van der Waals surface area contributed by atoms with Gasteiger partial charge in [-0.1, -0.05) is 0 Å². The molecule has 2 N–H and O–H groups in total. The number of carbonyl (C=O) groups excluding carboxylic acids is 1. The monoisotopic (exact) mass is 257 g/mol. The molecule has 1 saturated carbocycles. The zero-order valence-corrected chi connectivity index (χ0v) is 10.2. The van der Waals surface area contributed by atoms with Crippen molar-refractivity contribution in [3.63, 3.8) is 0 Å². The lowest BCUT2D eigenvalue weighted by Crippen LogP contribution is -2.37. The van der Waals surface area contributed by atoms with Crippen molar-refractivity contribution in [2.24, 2.45) is 5.92 Å². The van der Waals surface area contributed by atoms with Gasteiger partial charge in [0.2, 0.25) is 0 Å². The number of aliphatic hydroxyl groups is 1. The molecule has 0 radical (unpaired) electrons. The average Bonchev–Trinajstić information content (AvgIpc) is 2.77. The van der Waals surface area contributed by atoms with Gasteiger partial charge >= 0.3 is 0 Å². The van der Waals surface area contributed by atoms with Crippen LogP contribution in [0.15, 0.2) is 16.5 Å². The predicted molar refractivity (Wildman–Crippen MR) is 64.0 cm³/mol. The van der Waals surface area contributed by atoms with E-state index in [-0.39, 0.29) is 29.5 Å². The normalized spacial score (nSPS) is 24.6. The van der Waals surface area contributed by atoms with Gasteiger partial charge in [-0.05, 0) is 55.3 Å². The molecule has 0 saturated heterocycles. The number of carbonyl (C=O) groups is 1. The van der Waals surface area contributed by atoms with Crippen LogP contribution in [-0.2, 0) is 0 Å². The largest absolute Gasteiger partial charge is 0.440 e. The quantitative estimate of drug-likeness (QED) is 0.873. The Balaban J connectivity index is 1.84. The molecule has 1 aromatic heterocycles. The van der Waals surface area contributed by atoms with E-state index in [0.717, 1.165) is 25.7 Å². The first kappa shape index (κ1) is 12.5. The molecule has 94 valence electrons.